The lowest BCUT2D eigenvalue weighted by molar-refractivity contribution is 0.486. The summed E-state index contributed by atoms with van der Waals surface area (Å²) in [5, 5.41) is 4.82. The normalized spacial score (nSPS) is 15.4. The van der Waals surface area contributed by atoms with Gasteiger partial charge in [-0.2, -0.15) is 0 Å². The van der Waals surface area contributed by atoms with E-state index in [2.05, 4.69) is 53.4 Å². The number of rotatable bonds is 5. The molecule has 1 rings (SSSR count). The van der Waals surface area contributed by atoms with E-state index < -0.39 is 0 Å². The molecule has 0 aliphatic rings. The smallest absolute Gasteiger partial charge is 0.0985 e. The molecule has 18 heavy (non-hydrogen) atoms. The summed E-state index contributed by atoms with van der Waals surface area (Å²) in [4.78, 5) is 6.07. The number of nitrogens with zero attached hydrogens (tertiary/aromatic N) is 1. The molecule has 0 aliphatic carbocycles. The molecule has 1 aromatic rings. The third-order valence-electron chi connectivity index (χ3n) is 2.92. The van der Waals surface area contributed by atoms with Gasteiger partial charge in [-0.25, -0.2) is 4.98 Å². The largest absolute Gasteiger partial charge is 0.307 e. The van der Waals surface area contributed by atoms with Crippen LogP contribution in [0.3, 0.4) is 0 Å². The highest BCUT2D eigenvalue weighted by Gasteiger charge is 2.22. The first-order valence-electron chi connectivity index (χ1n) is 6.60. The topological polar surface area (TPSA) is 24.9 Å². The summed E-state index contributed by atoms with van der Waals surface area (Å²) < 4.78 is 0. The molecule has 2 unspecified atom stereocenters. The van der Waals surface area contributed by atoms with Crippen LogP contribution in [0.15, 0.2) is 12.7 Å². The Balaban J connectivity index is 2.83. The first kappa shape index (κ1) is 15.4. The molecule has 3 heteroatoms. The minimum absolute atomic E-state index is 0.139. The lowest BCUT2D eigenvalue weighted by Crippen LogP contribution is -2.28. The summed E-state index contributed by atoms with van der Waals surface area (Å²) in [6.45, 7) is 16.9. The Kier molecular flexibility index (Phi) is 5.11. The van der Waals surface area contributed by atoms with E-state index in [1.165, 1.54) is 9.88 Å². The number of hydrogen-bond acceptors (Lipinski definition) is 3. The maximum atomic E-state index is 4.71. The first-order valence-corrected chi connectivity index (χ1v) is 7.42. The summed E-state index contributed by atoms with van der Waals surface area (Å²) in [6.07, 6.45) is 2.96. The molecule has 0 fully saturated rings. The van der Waals surface area contributed by atoms with E-state index in [4.69, 9.17) is 4.98 Å². The quantitative estimate of drug-likeness (QED) is 0.801. The maximum absolute atomic E-state index is 4.71. The number of aryl methyl sites for hydroxylation is 1. The summed E-state index contributed by atoms with van der Waals surface area (Å²) in [7, 11) is 0. The van der Waals surface area contributed by atoms with Crippen LogP contribution in [0.4, 0.5) is 0 Å². The Labute approximate surface area is 116 Å². The Morgan fingerprint density at radius 3 is 2.44 bits per heavy atom. The van der Waals surface area contributed by atoms with E-state index in [0.29, 0.717) is 12.1 Å². The van der Waals surface area contributed by atoms with Crippen molar-refractivity contribution in [3.63, 3.8) is 0 Å². The van der Waals surface area contributed by atoms with Gasteiger partial charge < -0.3 is 5.32 Å². The van der Waals surface area contributed by atoms with E-state index in [1.807, 2.05) is 17.4 Å². The van der Waals surface area contributed by atoms with Crippen LogP contribution >= 0.6 is 11.3 Å². The Bertz CT molecular complexity index is 401. The van der Waals surface area contributed by atoms with Crippen molar-refractivity contribution in [1.82, 2.24) is 10.3 Å². The van der Waals surface area contributed by atoms with Gasteiger partial charge in [0.2, 0.25) is 0 Å². The fourth-order valence-electron chi connectivity index (χ4n) is 1.95. The van der Waals surface area contributed by atoms with Crippen molar-refractivity contribution in [2.45, 2.75) is 65.5 Å². The highest BCUT2D eigenvalue weighted by Crippen LogP contribution is 2.32. The highest BCUT2D eigenvalue weighted by molar-refractivity contribution is 7.12. The van der Waals surface area contributed by atoms with Crippen molar-refractivity contribution in [3.05, 3.63) is 28.2 Å². The Morgan fingerprint density at radius 2 is 2.00 bits per heavy atom. The molecular weight excluding hydrogens is 240 g/mol. The summed E-state index contributed by atoms with van der Waals surface area (Å²) in [6, 6.07) is 0.811. The second-order valence-electron chi connectivity index (χ2n) is 6.03. The fourth-order valence-corrected chi connectivity index (χ4v) is 3.09. The van der Waals surface area contributed by atoms with Crippen LogP contribution in [0, 0.1) is 6.92 Å². The first-order chi connectivity index (χ1) is 8.25. The maximum Gasteiger partial charge on any atom is 0.0985 e. The lowest BCUT2D eigenvalue weighted by atomic mass is 9.98. The van der Waals surface area contributed by atoms with Crippen LogP contribution in [0.5, 0.6) is 0 Å². The predicted molar refractivity (Wildman–Crippen MR) is 81.4 cm³/mol. The number of aromatic nitrogens is 1. The van der Waals surface area contributed by atoms with E-state index in [9.17, 15) is 0 Å². The van der Waals surface area contributed by atoms with Crippen LogP contribution in [0.2, 0.25) is 0 Å². The van der Waals surface area contributed by atoms with Crippen molar-refractivity contribution >= 4 is 11.3 Å². The summed E-state index contributed by atoms with van der Waals surface area (Å²) >= 11 is 1.84. The standard InChI is InChI=1S/C15H26N2S/c1-8-9-10(2)16-11(3)13-12(4)17-14(18-13)15(5,6)7/h8,10-11,16H,1,9H2,2-7H3. The minimum Gasteiger partial charge on any atom is -0.307 e. The fraction of sp³-hybridized carbons (Fsp3) is 0.667. The van der Waals surface area contributed by atoms with Crippen molar-refractivity contribution in [2.24, 2.45) is 0 Å². The van der Waals surface area contributed by atoms with E-state index in [-0.39, 0.29) is 5.41 Å². The number of thiazole rings is 1. The van der Waals surface area contributed by atoms with E-state index >= 15 is 0 Å². The van der Waals surface area contributed by atoms with Gasteiger partial charge in [0.25, 0.3) is 0 Å². The molecule has 0 aromatic carbocycles. The zero-order valence-corrected chi connectivity index (χ0v) is 13.3. The van der Waals surface area contributed by atoms with Crippen molar-refractivity contribution < 1.29 is 0 Å². The molecule has 1 N–H and O–H groups in total. The lowest BCUT2D eigenvalue weighted by Gasteiger charge is -2.18. The monoisotopic (exact) mass is 266 g/mol. The average molecular weight is 266 g/mol. The van der Waals surface area contributed by atoms with E-state index in [0.717, 1.165) is 12.1 Å². The second kappa shape index (κ2) is 5.98. The molecule has 102 valence electrons. The van der Waals surface area contributed by atoms with Gasteiger partial charge in [-0.05, 0) is 27.2 Å². The Hall–Kier alpha value is -0.670. The van der Waals surface area contributed by atoms with Gasteiger partial charge in [-0.3, -0.25) is 0 Å². The van der Waals surface area contributed by atoms with Crippen LogP contribution < -0.4 is 5.32 Å². The molecule has 0 amide bonds. The van der Waals surface area contributed by atoms with Crippen LogP contribution in [0.1, 0.15) is 62.7 Å². The summed E-state index contributed by atoms with van der Waals surface area (Å²) in [5.74, 6) is 0. The third-order valence-corrected chi connectivity index (χ3v) is 4.69. The average Bonchev–Trinajstić information content (AvgIpc) is 2.60. The predicted octanol–water partition coefficient (Wildman–Crippen LogP) is 4.36. The van der Waals surface area contributed by atoms with E-state index in [1.54, 1.807) is 0 Å². The molecule has 1 aromatic heterocycles. The zero-order valence-electron chi connectivity index (χ0n) is 12.5. The third kappa shape index (κ3) is 3.92. The molecule has 0 aliphatic heterocycles. The van der Waals surface area contributed by atoms with Crippen LogP contribution in [0.25, 0.3) is 0 Å². The van der Waals surface area contributed by atoms with Crippen molar-refractivity contribution in [3.8, 4) is 0 Å². The molecule has 1 heterocycles. The molecule has 0 bridgehead atoms. The van der Waals surface area contributed by atoms with Gasteiger partial charge in [-0.15, -0.1) is 17.9 Å². The SMILES string of the molecule is C=CCC(C)NC(C)c1sc(C(C)(C)C)nc1C. The molecule has 0 saturated heterocycles. The van der Waals surface area contributed by atoms with Crippen molar-refractivity contribution in [2.75, 3.05) is 0 Å². The van der Waals surface area contributed by atoms with Gasteiger partial charge >= 0.3 is 0 Å². The zero-order chi connectivity index (χ0) is 13.9. The van der Waals surface area contributed by atoms with Gasteiger partial charge in [0.15, 0.2) is 0 Å². The molecule has 0 spiro atoms. The second-order valence-corrected chi connectivity index (χ2v) is 7.06. The Morgan fingerprint density at radius 1 is 1.39 bits per heavy atom. The van der Waals surface area contributed by atoms with Gasteiger partial charge in [0, 0.05) is 22.4 Å². The van der Waals surface area contributed by atoms with Gasteiger partial charge in [0.05, 0.1) is 10.7 Å². The van der Waals surface area contributed by atoms with Gasteiger partial charge in [0.1, 0.15) is 0 Å². The summed E-state index contributed by atoms with van der Waals surface area (Å²) in [5.41, 5.74) is 1.30. The molecular formula is C15H26N2S. The number of hydrogen-bond donors (Lipinski definition) is 1. The molecule has 2 nitrogen and oxygen atoms in total. The molecule has 0 radical (unpaired) electrons. The van der Waals surface area contributed by atoms with Crippen LogP contribution in [-0.2, 0) is 5.41 Å². The van der Waals surface area contributed by atoms with Crippen LogP contribution in [-0.4, -0.2) is 11.0 Å². The molecule has 2 atom stereocenters. The molecule has 0 saturated carbocycles. The van der Waals surface area contributed by atoms with Crippen molar-refractivity contribution in [1.29, 1.82) is 0 Å². The minimum atomic E-state index is 0.139. The number of nitrogens with one attached hydrogen (secondary N) is 1. The van der Waals surface area contributed by atoms with Gasteiger partial charge in [-0.1, -0.05) is 26.8 Å². The highest BCUT2D eigenvalue weighted by atomic mass is 32.1.